The SMILES string of the molecule is CCOP(=O)(/C=C/[C@@H]1C[C@H](O)[C@H](n2cc(C)c(=O)[nH]c2=O)O1)OCC. The molecule has 0 unspecified atom stereocenters. The predicted molar refractivity (Wildman–Crippen MR) is 90.6 cm³/mol. The number of H-pyrrole nitrogens is 1. The van der Waals surface area contributed by atoms with Gasteiger partial charge in [-0.25, -0.2) is 4.79 Å². The molecule has 2 N–H and O–H groups in total. The average molecular weight is 374 g/mol. The maximum absolute atomic E-state index is 12.4. The summed E-state index contributed by atoms with van der Waals surface area (Å²) in [5, 5.41) is 10.2. The van der Waals surface area contributed by atoms with E-state index in [2.05, 4.69) is 4.98 Å². The van der Waals surface area contributed by atoms with Crippen LogP contribution in [0.25, 0.3) is 0 Å². The van der Waals surface area contributed by atoms with Crippen molar-refractivity contribution in [2.45, 2.75) is 45.6 Å². The summed E-state index contributed by atoms with van der Waals surface area (Å²) in [6, 6.07) is 0. The number of nitrogens with zero attached hydrogens (tertiary/aromatic N) is 1. The summed E-state index contributed by atoms with van der Waals surface area (Å²) < 4.78 is 29.5. The Kier molecular flexibility index (Phi) is 6.53. The van der Waals surface area contributed by atoms with Gasteiger partial charge in [-0.15, -0.1) is 0 Å². The monoisotopic (exact) mass is 374 g/mol. The molecule has 10 heteroatoms. The van der Waals surface area contributed by atoms with Crippen LogP contribution in [0.5, 0.6) is 0 Å². The summed E-state index contributed by atoms with van der Waals surface area (Å²) in [5.41, 5.74) is -0.829. The van der Waals surface area contributed by atoms with Crippen molar-refractivity contribution in [3.8, 4) is 0 Å². The summed E-state index contributed by atoms with van der Waals surface area (Å²) in [4.78, 5) is 25.5. The Balaban J connectivity index is 2.17. The zero-order valence-electron chi connectivity index (χ0n) is 14.4. The number of aliphatic hydroxyl groups excluding tert-OH is 1. The second kappa shape index (κ2) is 8.25. The highest BCUT2D eigenvalue weighted by molar-refractivity contribution is 7.57. The number of ether oxygens (including phenoxy) is 1. The van der Waals surface area contributed by atoms with Gasteiger partial charge in [-0.3, -0.25) is 18.9 Å². The van der Waals surface area contributed by atoms with E-state index in [1.54, 1.807) is 20.8 Å². The van der Waals surface area contributed by atoms with Gasteiger partial charge in [0.1, 0.15) is 6.10 Å². The van der Waals surface area contributed by atoms with Crippen molar-refractivity contribution in [3.05, 3.63) is 44.5 Å². The van der Waals surface area contributed by atoms with Crippen molar-refractivity contribution < 1.29 is 23.5 Å². The lowest BCUT2D eigenvalue weighted by atomic mass is 10.2. The predicted octanol–water partition coefficient (Wildman–Crippen LogP) is 1.27. The fourth-order valence-electron chi connectivity index (χ4n) is 2.51. The van der Waals surface area contributed by atoms with Crippen molar-refractivity contribution in [2.24, 2.45) is 0 Å². The molecule has 0 amide bonds. The molecule has 1 aliphatic heterocycles. The summed E-state index contributed by atoms with van der Waals surface area (Å²) in [7, 11) is -3.37. The number of hydrogen-bond donors (Lipinski definition) is 2. The summed E-state index contributed by atoms with van der Waals surface area (Å²) in [6.45, 7) is 5.41. The van der Waals surface area contributed by atoms with E-state index in [4.69, 9.17) is 13.8 Å². The molecule has 0 aliphatic carbocycles. The largest absolute Gasteiger partial charge is 0.388 e. The smallest absolute Gasteiger partial charge is 0.353 e. The van der Waals surface area contributed by atoms with Crippen LogP contribution in [0, 0.1) is 6.92 Å². The van der Waals surface area contributed by atoms with Crippen LogP contribution in [0.1, 0.15) is 32.1 Å². The van der Waals surface area contributed by atoms with Gasteiger partial charge in [0.15, 0.2) is 6.23 Å². The number of aliphatic hydroxyl groups is 1. The van der Waals surface area contributed by atoms with E-state index in [0.717, 1.165) is 4.57 Å². The second-order valence-electron chi connectivity index (χ2n) is 5.56. The quantitative estimate of drug-likeness (QED) is 0.690. The highest BCUT2D eigenvalue weighted by atomic mass is 31.2. The first kappa shape index (κ1) is 19.8. The number of hydrogen-bond acceptors (Lipinski definition) is 7. The fraction of sp³-hybridized carbons (Fsp3) is 0.600. The van der Waals surface area contributed by atoms with E-state index in [-0.39, 0.29) is 19.6 Å². The maximum Gasteiger partial charge on any atom is 0.353 e. The molecule has 9 nitrogen and oxygen atoms in total. The Hall–Kier alpha value is -1.51. The van der Waals surface area contributed by atoms with Gasteiger partial charge >= 0.3 is 13.3 Å². The molecule has 1 fully saturated rings. The first-order valence-electron chi connectivity index (χ1n) is 8.03. The minimum Gasteiger partial charge on any atom is -0.388 e. The normalized spacial score (nSPS) is 24.2. The molecule has 1 aromatic rings. The molecule has 0 saturated carbocycles. The van der Waals surface area contributed by atoms with Crippen molar-refractivity contribution >= 4 is 7.60 Å². The van der Waals surface area contributed by atoms with Crippen molar-refractivity contribution in [1.82, 2.24) is 9.55 Å². The van der Waals surface area contributed by atoms with E-state index in [9.17, 15) is 19.3 Å². The average Bonchev–Trinajstić information content (AvgIpc) is 2.90. The molecule has 0 spiro atoms. The molecule has 1 saturated heterocycles. The second-order valence-corrected chi connectivity index (χ2v) is 7.46. The van der Waals surface area contributed by atoms with Gasteiger partial charge < -0.3 is 18.9 Å². The van der Waals surface area contributed by atoms with Gasteiger partial charge in [-0.05, 0) is 26.8 Å². The van der Waals surface area contributed by atoms with Crippen LogP contribution in [0.4, 0.5) is 0 Å². The maximum atomic E-state index is 12.4. The number of aromatic amines is 1. The van der Waals surface area contributed by atoms with Gasteiger partial charge in [-0.1, -0.05) is 0 Å². The molecule has 2 heterocycles. The highest BCUT2D eigenvalue weighted by Gasteiger charge is 2.35. The van der Waals surface area contributed by atoms with E-state index in [1.807, 2.05) is 0 Å². The summed E-state index contributed by atoms with van der Waals surface area (Å²) >= 11 is 0. The van der Waals surface area contributed by atoms with E-state index < -0.39 is 37.3 Å². The Bertz CT molecular complexity index is 775. The topological polar surface area (TPSA) is 120 Å². The molecule has 140 valence electrons. The number of aryl methyl sites for hydroxylation is 1. The fourth-order valence-corrected chi connectivity index (χ4v) is 3.88. The first-order chi connectivity index (χ1) is 11.8. The molecule has 1 aromatic heterocycles. The Morgan fingerprint density at radius 2 is 2.04 bits per heavy atom. The molecule has 0 radical (unpaired) electrons. The Morgan fingerprint density at radius 1 is 1.40 bits per heavy atom. The summed E-state index contributed by atoms with van der Waals surface area (Å²) in [5.74, 6) is 1.31. The van der Waals surface area contributed by atoms with Crippen LogP contribution in [0.15, 0.2) is 27.7 Å². The lowest BCUT2D eigenvalue weighted by Crippen LogP contribution is -2.36. The highest BCUT2D eigenvalue weighted by Crippen LogP contribution is 2.50. The van der Waals surface area contributed by atoms with Gasteiger partial charge in [0.25, 0.3) is 5.56 Å². The standard InChI is InChI=1S/C15H23N2O7P/c1-4-22-25(21,23-5-2)7-6-11-8-12(18)14(24-11)17-9-10(3)13(19)16-15(17)20/h6-7,9,11-12,14,18H,4-5,8H2,1-3H3,(H,16,19,20)/b7-6+/t11-,12+,14-/m1/s1. The van der Waals surface area contributed by atoms with Gasteiger partial charge in [0.05, 0.1) is 19.3 Å². The van der Waals surface area contributed by atoms with E-state index in [1.165, 1.54) is 18.1 Å². The first-order valence-corrected chi connectivity index (χ1v) is 9.64. The molecule has 2 rings (SSSR count). The minimum atomic E-state index is -3.37. The third-order valence-electron chi connectivity index (χ3n) is 3.64. The van der Waals surface area contributed by atoms with E-state index >= 15 is 0 Å². The molecule has 3 atom stereocenters. The van der Waals surface area contributed by atoms with Crippen molar-refractivity contribution in [2.75, 3.05) is 13.2 Å². The third kappa shape index (κ3) is 4.77. The zero-order valence-corrected chi connectivity index (χ0v) is 15.3. The molecule has 0 bridgehead atoms. The Labute approximate surface area is 144 Å². The summed E-state index contributed by atoms with van der Waals surface area (Å²) in [6.07, 6.45) is 0.552. The van der Waals surface area contributed by atoms with Crippen LogP contribution in [-0.4, -0.2) is 40.1 Å². The van der Waals surface area contributed by atoms with Gasteiger partial charge in [0.2, 0.25) is 0 Å². The molecular weight excluding hydrogens is 351 g/mol. The van der Waals surface area contributed by atoms with Crippen LogP contribution >= 0.6 is 7.60 Å². The number of aromatic nitrogens is 2. The lowest BCUT2D eigenvalue weighted by molar-refractivity contribution is -0.0281. The molecule has 0 aromatic carbocycles. The number of nitrogens with one attached hydrogen (secondary N) is 1. The van der Waals surface area contributed by atoms with Crippen LogP contribution < -0.4 is 11.2 Å². The molecule has 25 heavy (non-hydrogen) atoms. The molecule has 1 aliphatic rings. The van der Waals surface area contributed by atoms with Crippen molar-refractivity contribution in [3.63, 3.8) is 0 Å². The van der Waals surface area contributed by atoms with Crippen LogP contribution in [-0.2, 0) is 18.3 Å². The number of rotatable bonds is 7. The third-order valence-corrected chi connectivity index (χ3v) is 5.41. The van der Waals surface area contributed by atoms with Crippen LogP contribution in [0.2, 0.25) is 0 Å². The van der Waals surface area contributed by atoms with Crippen LogP contribution in [0.3, 0.4) is 0 Å². The Morgan fingerprint density at radius 3 is 2.64 bits per heavy atom. The minimum absolute atomic E-state index is 0.198. The molecular formula is C15H23N2O7P. The van der Waals surface area contributed by atoms with Crippen molar-refractivity contribution in [1.29, 1.82) is 0 Å². The van der Waals surface area contributed by atoms with E-state index in [0.29, 0.717) is 5.56 Å². The zero-order chi connectivity index (χ0) is 18.6. The lowest BCUT2D eigenvalue weighted by Gasteiger charge is -2.17. The van der Waals surface area contributed by atoms with Gasteiger partial charge in [0, 0.05) is 24.0 Å². The van der Waals surface area contributed by atoms with Gasteiger partial charge in [-0.2, -0.15) is 0 Å².